The van der Waals surface area contributed by atoms with E-state index in [-0.39, 0.29) is 37.4 Å². The molecule has 0 aromatic carbocycles. The fourth-order valence-electron chi connectivity index (χ4n) is 2.12. The van der Waals surface area contributed by atoms with Gasteiger partial charge in [-0.05, 0) is 24.6 Å². The Morgan fingerprint density at radius 3 is 2.92 bits per heavy atom. The van der Waals surface area contributed by atoms with Crippen LogP contribution in [0, 0.1) is 0 Å². The second kappa shape index (κ2) is 8.88. The Morgan fingerprint density at radius 1 is 1.50 bits per heavy atom. The number of aliphatic carboxylic acids is 1. The number of carboxylic acid groups (broad SMARTS) is 1. The van der Waals surface area contributed by atoms with Crippen LogP contribution >= 0.6 is 12.4 Å². The van der Waals surface area contributed by atoms with E-state index < -0.39 is 5.97 Å². The van der Waals surface area contributed by atoms with E-state index in [0.29, 0.717) is 24.5 Å². The molecule has 0 radical (unpaired) electrons. The van der Waals surface area contributed by atoms with Crippen molar-refractivity contribution in [1.29, 1.82) is 0 Å². The third-order valence-corrected chi connectivity index (χ3v) is 3.17. The predicted molar refractivity (Wildman–Crippen MR) is 88.8 cm³/mol. The molecule has 0 unspecified atom stereocenters. The number of aromatic nitrogens is 1. The Balaban J connectivity index is 0.00000288. The van der Waals surface area contributed by atoms with Crippen LogP contribution in [0.25, 0.3) is 6.08 Å². The van der Waals surface area contributed by atoms with Gasteiger partial charge in [-0.3, -0.25) is 10.1 Å². The largest absolute Gasteiger partial charge is 0.478 e. The van der Waals surface area contributed by atoms with E-state index in [9.17, 15) is 14.4 Å². The number of fused-ring (bicyclic) bond motifs is 1. The summed E-state index contributed by atoms with van der Waals surface area (Å²) in [7, 11) is 0. The zero-order chi connectivity index (χ0) is 16.8. The molecule has 1 aliphatic rings. The van der Waals surface area contributed by atoms with Crippen molar-refractivity contribution in [3.8, 4) is 0 Å². The molecule has 0 saturated carbocycles. The summed E-state index contributed by atoms with van der Waals surface area (Å²) in [6, 6.07) is 1.42. The van der Waals surface area contributed by atoms with Crippen LogP contribution < -0.4 is 5.32 Å². The first-order valence-electron chi connectivity index (χ1n) is 7.11. The molecule has 9 heteroatoms. The number of urea groups is 1. The second-order valence-corrected chi connectivity index (χ2v) is 4.85. The number of hydrogen-bond donors (Lipinski definition) is 2. The van der Waals surface area contributed by atoms with E-state index in [1.807, 2.05) is 0 Å². The molecule has 1 aliphatic heterocycles. The molecule has 0 spiro atoms. The molecule has 2 amide bonds. The molecule has 1 aromatic heterocycles. The third kappa shape index (κ3) is 5.24. The number of carboxylic acids is 1. The molecule has 1 aromatic rings. The van der Waals surface area contributed by atoms with Gasteiger partial charge in [-0.25, -0.2) is 14.6 Å². The minimum Gasteiger partial charge on any atom is -0.478 e. The van der Waals surface area contributed by atoms with Crippen LogP contribution in [-0.4, -0.2) is 46.1 Å². The highest BCUT2D eigenvalue weighted by Gasteiger charge is 2.24. The highest BCUT2D eigenvalue weighted by Crippen LogP contribution is 2.22. The molecule has 8 nitrogen and oxygen atoms in total. The lowest BCUT2D eigenvalue weighted by molar-refractivity contribution is -0.143. The second-order valence-electron chi connectivity index (χ2n) is 4.85. The monoisotopic (exact) mass is 355 g/mol. The van der Waals surface area contributed by atoms with Crippen molar-refractivity contribution in [2.45, 2.75) is 19.9 Å². The molecule has 2 rings (SSSR count). The Hall–Kier alpha value is -2.61. The number of pyridine rings is 1. The predicted octanol–water partition coefficient (Wildman–Crippen LogP) is 1.90. The van der Waals surface area contributed by atoms with E-state index >= 15 is 0 Å². The third-order valence-electron chi connectivity index (χ3n) is 3.17. The maximum Gasteiger partial charge on any atom is 0.328 e. The standard InChI is InChI=1S/C15H17N3O5.ClH/c1-2-23-13(21)5-6-18-9-11-7-10(3-4-12(19)20)8-16-14(11)17-15(18)22;/h3-4,7-8H,2,5-6,9H2,1H3,(H,19,20)(H,16,17,22);1H. The Morgan fingerprint density at radius 2 is 2.25 bits per heavy atom. The summed E-state index contributed by atoms with van der Waals surface area (Å²) >= 11 is 0. The molecule has 2 N–H and O–H groups in total. The first kappa shape index (κ1) is 19.4. The van der Waals surface area contributed by atoms with Crippen LogP contribution in [0.15, 0.2) is 18.3 Å². The molecule has 0 aliphatic carbocycles. The smallest absolute Gasteiger partial charge is 0.328 e. The van der Waals surface area contributed by atoms with Crippen LogP contribution in [-0.2, 0) is 20.9 Å². The average molecular weight is 356 g/mol. The maximum absolute atomic E-state index is 12.0. The van der Waals surface area contributed by atoms with Gasteiger partial charge in [0, 0.05) is 24.4 Å². The Labute approximate surface area is 144 Å². The number of anilines is 1. The first-order valence-corrected chi connectivity index (χ1v) is 7.11. The van der Waals surface area contributed by atoms with E-state index in [0.717, 1.165) is 11.6 Å². The van der Waals surface area contributed by atoms with E-state index in [1.54, 1.807) is 13.0 Å². The van der Waals surface area contributed by atoms with Gasteiger partial charge in [-0.1, -0.05) is 0 Å². The number of hydrogen-bond acceptors (Lipinski definition) is 5. The minimum absolute atomic E-state index is 0. The lowest BCUT2D eigenvalue weighted by atomic mass is 10.1. The van der Waals surface area contributed by atoms with Gasteiger partial charge in [0.05, 0.1) is 19.6 Å². The van der Waals surface area contributed by atoms with Gasteiger partial charge < -0.3 is 14.7 Å². The minimum atomic E-state index is -1.05. The summed E-state index contributed by atoms with van der Waals surface area (Å²) in [5, 5.41) is 11.3. The topological polar surface area (TPSA) is 109 Å². The lowest BCUT2D eigenvalue weighted by Crippen LogP contribution is -2.40. The van der Waals surface area contributed by atoms with Gasteiger partial charge in [0.15, 0.2) is 0 Å². The van der Waals surface area contributed by atoms with Gasteiger partial charge in [-0.2, -0.15) is 0 Å². The fourth-order valence-corrected chi connectivity index (χ4v) is 2.12. The quantitative estimate of drug-likeness (QED) is 0.596. The van der Waals surface area contributed by atoms with Gasteiger partial charge in [0.1, 0.15) is 5.82 Å². The molecule has 130 valence electrons. The number of halogens is 1. The van der Waals surface area contributed by atoms with E-state index in [4.69, 9.17) is 9.84 Å². The van der Waals surface area contributed by atoms with Crippen molar-refractivity contribution in [3.63, 3.8) is 0 Å². The van der Waals surface area contributed by atoms with Crippen LogP contribution in [0.5, 0.6) is 0 Å². The maximum atomic E-state index is 12.0. The fraction of sp³-hybridized carbons (Fsp3) is 0.333. The summed E-state index contributed by atoms with van der Waals surface area (Å²) in [5.74, 6) is -0.968. The van der Waals surface area contributed by atoms with Crippen molar-refractivity contribution < 1.29 is 24.2 Å². The van der Waals surface area contributed by atoms with Crippen molar-refractivity contribution in [2.75, 3.05) is 18.5 Å². The number of amides is 2. The Kier molecular flexibility index (Phi) is 7.19. The molecule has 0 saturated heterocycles. The van der Waals surface area contributed by atoms with E-state index in [1.165, 1.54) is 17.2 Å². The molecule has 0 fully saturated rings. The molecule has 0 atom stereocenters. The molecule has 2 heterocycles. The highest BCUT2D eigenvalue weighted by atomic mass is 35.5. The number of esters is 1. The van der Waals surface area contributed by atoms with Gasteiger partial charge >= 0.3 is 18.0 Å². The van der Waals surface area contributed by atoms with Crippen LogP contribution in [0.2, 0.25) is 0 Å². The highest BCUT2D eigenvalue weighted by molar-refractivity contribution is 5.91. The van der Waals surface area contributed by atoms with Crippen LogP contribution in [0.4, 0.5) is 10.6 Å². The number of rotatable bonds is 6. The van der Waals surface area contributed by atoms with Crippen LogP contribution in [0.1, 0.15) is 24.5 Å². The van der Waals surface area contributed by atoms with Crippen LogP contribution in [0.3, 0.4) is 0 Å². The number of nitrogens with one attached hydrogen (secondary N) is 1. The van der Waals surface area contributed by atoms with Crippen molar-refractivity contribution in [1.82, 2.24) is 9.88 Å². The van der Waals surface area contributed by atoms with Gasteiger partial charge in [0.25, 0.3) is 0 Å². The number of carbonyl (C=O) groups excluding carboxylic acids is 2. The SMILES string of the molecule is CCOC(=O)CCN1Cc2cc(C=CC(=O)O)cnc2NC1=O.Cl. The summed E-state index contributed by atoms with van der Waals surface area (Å²) in [6.45, 7) is 2.55. The summed E-state index contributed by atoms with van der Waals surface area (Å²) in [6.07, 6.45) is 4.04. The molecule has 0 bridgehead atoms. The molecular formula is C15H18ClN3O5. The summed E-state index contributed by atoms with van der Waals surface area (Å²) in [5.41, 5.74) is 1.37. The zero-order valence-corrected chi connectivity index (χ0v) is 13.8. The van der Waals surface area contributed by atoms with Crippen molar-refractivity contribution >= 4 is 42.3 Å². The first-order chi connectivity index (χ1) is 11.0. The number of nitrogens with zero attached hydrogens (tertiary/aromatic N) is 2. The molecule has 24 heavy (non-hydrogen) atoms. The normalized spacial score (nSPS) is 13.0. The van der Waals surface area contributed by atoms with Gasteiger partial charge in [0.2, 0.25) is 0 Å². The lowest BCUT2D eigenvalue weighted by Gasteiger charge is -2.28. The van der Waals surface area contributed by atoms with E-state index in [2.05, 4.69) is 10.3 Å². The number of ether oxygens (including phenoxy) is 1. The van der Waals surface area contributed by atoms with Crippen molar-refractivity contribution in [3.05, 3.63) is 29.5 Å². The zero-order valence-electron chi connectivity index (χ0n) is 13.0. The average Bonchev–Trinajstić information content (AvgIpc) is 2.51. The summed E-state index contributed by atoms with van der Waals surface area (Å²) in [4.78, 5) is 39.5. The van der Waals surface area contributed by atoms with Crippen molar-refractivity contribution in [2.24, 2.45) is 0 Å². The molecular weight excluding hydrogens is 338 g/mol. The number of carbonyl (C=O) groups is 3. The summed E-state index contributed by atoms with van der Waals surface area (Å²) < 4.78 is 4.84. The Bertz CT molecular complexity index is 663. The van der Waals surface area contributed by atoms with Gasteiger partial charge in [-0.15, -0.1) is 12.4 Å².